The van der Waals surface area contributed by atoms with Gasteiger partial charge in [-0.15, -0.1) is 0 Å². The smallest absolute Gasteiger partial charge is 0.400 e. The minimum absolute atomic E-state index is 0.224. The van der Waals surface area contributed by atoms with Crippen LogP contribution in [0.3, 0.4) is 0 Å². The first-order valence-electron chi connectivity index (χ1n) is 7.12. The standard InChI is InChI=1S/C16H20BClO4/c1-15(2)16(3,4)22-17(21-15)13(10-20)8-12-7-11(9-19)5-6-14(12)18/h5-9,20H,10H2,1-4H3. The molecule has 1 saturated heterocycles. The Bertz CT molecular complexity index is 594. The summed E-state index contributed by atoms with van der Waals surface area (Å²) in [6.07, 6.45) is 2.46. The number of aliphatic hydroxyl groups is 1. The molecular formula is C16H20BClO4. The fraction of sp³-hybridized carbons (Fsp3) is 0.438. The molecule has 22 heavy (non-hydrogen) atoms. The molecule has 118 valence electrons. The molecule has 0 bridgehead atoms. The average molecular weight is 323 g/mol. The lowest BCUT2D eigenvalue weighted by molar-refractivity contribution is 0.00578. The summed E-state index contributed by atoms with van der Waals surface area (Å²) in [7, 11) is -0.647. The lowest BCUT2D eigenvalue weighted by Crippen LogP contribution is -2.41. The van der Waals surface area contributed by atoms with Gasteiger partial charge in [0.15, 0.2) is 0 Å². The molecule has 1 aliphatic rings. The number of aldehydes is 1. The van der Waals surface area contributed by atoms with Crippen molar-refractivity contribution in [2.75, 3.05) is 6.61 Å². The van der Waals surface area contributed by atoms with Gasteiger partial charge in [0.2, 0.25) is 0 Å². The number of halogens is 1. The lowest BCUT2D eigenvalue weighted by Gasteiger charge is -2.32. The molecule has 0 aromatic heterocycles. The van der Waals surface area contributed by atoms with Crippen molar-refractivity contribution in [3.8, 4) is 0 Å². The van der Waals surface area contributed by atoms with Crippen molar-refractivity contribution >= 4 is 31.1 Å². The molecule has 1 fully saturated rings. The van der Waals surface area contributed by atoms with Crippen molar-refractivity contribution < 1.29 is 19.2 Å². The molecule has 1 aliphatic heterocycles. The Kier molecular flexibility index (Phi) is 4.83. The summed E-state index contributed by atoms with van der Waals surface area (Å²) in [6, 6.07) is 4.95. The van der Waals surface area contributed by atoms with Crippen molar-refractivity contribution in [2.45, 2.75) is 38.9 Å². The highest BCUT2D eigenvalue weighted by Crippen LogP contribution is 2.39. The molecule has 0 radical (unpaired) electrons. The first-order valence-corrected chi connectivity index (χ1v) is 7.49. The van der Waals surface area contributed by atoms with Crippen molar-refractivity contribution in [1.82, 2.24) is 0 Å². The van der Waals surface area contributed by atoms with Crippen LogP contribution in [0.1, 0.15) is 43.6 Å². The van der Waals surface area contributed by atoms with Crippen molar-refractivity contribution in [2.24, 2.45) is 0 Å². The van der Waals surface area contributed by atoms with Crippen LogP contribution in [0, 0.1) is 0 Å². The predicted molar refractivity (Wildman–Crippen MR) is 88.0 cm³/mol. The van der Waals surface area contributed by atoms with E-state index in [2.05, 4.69) is 0 Å². The summed E-state index contributed by atoms with van der Waals surface area (Å²) < 4.78 is 11.8. The monoisotopic (exact) mass is 322 g/mol. The van der Waals surface area contributed by atoms with Crippen molar-refractivity contribution in [1.29, 1.82) is 0 Å². The average Bonchev–Trinajstić information content (AvgIpc) is 2.66. The van der Waals surface area contributed by atoms with Crippen molar-refractivity contribution in [3.05, 3.63) is 39.8 Å². The summed E-state index contributed by atoms with van der Waals surface area (Å²) in [5.41, 5.74) is 0.747. The molecule has 0 atom stereocenters. The van der Waals surface area contributed by atoms with Crippen molar-refractivity contribution in [3.63, 3.8) is 0 Å². The molecule has 2 rings (SSSR count). The minimum atomic E-state index is -0.647. The van der Waals surface area contributed by atoms with Gasteiger partial charge >= 0.3 is 7.12 Å². The predicted octanol–water partition coefficient (Wildman–Crippen LogP) is 3.16. The maximum atomic E-state index is 10.9. The normalized spacial score (nSPS) is 20.3. The SMILES string of the molecule is CC1(C)OB(C(=Cc2cc(C=O)ccc2Cl)CO)OC1(C)C. The first kappa shape index (κ1) is 17.2. The molecule has 1 aromatic carbocycles. The van der Waals surface area contributed by atoms with E-state index in [1.807, 2.05) is 27.7 Å². The zero-order valence-electron chi connectivity index (χ0n) is 13.2. The second-order valence-corrected chi connectivity index (χ2v) is 6.77. The molecule has 1 aromatic rings. The highest BCUT2D eigenvalue weighted by molar-refractivity contribution is 6.56. The molecule has 0 unspecified atom stereocenters. The van der Waals surface area contributed by atoms with Crippen LogP contribution in [0.2, 0.25) is 5.02 Å². The number of carbonyl (C=O) groups is 1. The van der Waals surface area contributed by atoms with Gasteiger partial charge in [0.25, 0.3) is 0 Å². The van der Waals surface area contributed by atoms with Crippen LogP contribution >= 0.6 is 11.6 Å². The topological polar surface area (TPSA) is 55.8 Å². The highest BCUT2D eigenvalue weighted by atomic mass is 35.5. The van der Waals surface area contributed by atoms with Gasteiger partial charge in [0, 0.05) is 10.6 Å². The van der Waals surface area contributed by atoms with E-state index in [9.17, 15) is 9.90 Å². The largest absolute Gasteiger partial charge is 0.492 e. The number of benzene rings is 1. The van der Waals surface area contributed by atoms with Gasteiger partial charge in [-0.3, -0.25) is 4.79 Å². The number of rotatable bonds is 4. The molecule has 0 spiro atoms. The van der Waals surface area contributed by atoms with E-state index in [0.29, 0.717) is 21.6 Å². The minimum Gasteiger partial charge on any atom is -0.400 e. The van der Waals surface area contributed by atoms with E-state index in [1.165, 1.54) is 0 Å². The Morgan fingerprint density at radius 1 is 1.27 bits per heavy atom. The van der Waals surface area contributed by atoms with Crippen LogP contribution in [-0.2, 0) is 9.31 Å². The summed E-state index contributed by atoms with van der Waals surface area (Å²) in [6.45, 7) is 7.56. The molecular weight excluding hydrogens is 302 g/mol. The molecule has 0 aliphatic carbocycles. The van der Waals surface area contributed by atoms with E-state index in [-0.39, 0.29) is 6.61 Å². The van der Waals surface area contributed by atoms with Gasteiger partial charge in [-0.1, -0.05) is 23.7 Å². The summed E-state index contributed by atoms with van der Waals surface area (Å²) in [5.74, 6) is 0. The van der Waals surface area contributed by atoms with Gasteiger partial charge in [0.05, 0.1) is 17.8 Å². The van der Waals surface area contributed by atoms with Crippen LogP contribution in [0.25, 0.3) is 6.08 Å². The van der Waals surface area contributed by atoms with E-state index in [4.69, 9.17) is 20.9 Å². The first-order chi connectivity index (χ1) is 10.2. The van der Waals surface area contributed by atoms with Gasteiger partial charge in [-0.05, 0) is 50.9 Å². The summed E-state index contributed by atoms with van der Waals surface area (Å²) >= 11 is 6.15. The van der Waals surface area contributed by atoms with Gasteiger partial charge < -0.3 is 14.4 Å². The van der Waals surface area contributed by atoms with E-state index < -0.39 is 18.3 Å². The summed E-state index contributed by atoms with van der Waals surface area (Å²) in [4.78, 5) is 10.9. The van der Waals surface area contributed by atoms with E-state index >= 15 is 0 Å². The maximum absolute atomic E-state index is 10.9. The fourth-order valence-corrected chi connectivity index (χ4v) is 2.30. The molecule has 4 nitrogen and oxygen atoms in total. The number of aliphatic hydroxyl groups excluding tert-OH is 1. The zero-order chi connectivity index (χ0) is 16.5. The van der Waals surface area contributed by atoms with Crippen LogP contribution < -0.4 is 0 Å². The quantitative estimate of drug-likeness (QED) is 0.683. The Morgan fingerprint density at radius 2 is 1.86 bits per heavy atom. The van der Waals surface area contributed by atoms with Crippen LogP contribution in [0.15, 0.2) is 23.7 Å². The number of hydrogen-bond acceptors (Lipinski definition) is 4. The van der Waals surface area contributed by atoms with Crippen LogP contribution in [0.4, 0.5) is 0 Å². The zero-order valence-corrected chi connectivity index (χ0v) is 14.0. The highest BCUT2D eigenvalue weighted by Gasteiger charge is 2.52. The van der Waals surface area contributed by atoms with Gasteiger partial charge in [-0.2, -0.15) is 0 Å². The van der Waals surface area contributed by atoms with Gasteiger partial charge in [-0.25, -0.2) is 0 Å². The fourth-order valence-electron chi connectivity index (χ4n) is 2.13. The third-order valence-corrected chi connectivity index (χ3v) is 4.58. The Morgan fingerprint density at radius 3 is 2.36 bits per heavy atom. The third kappa shape index (κ3) is 3.28. The van der Waals surface area contributed by atoms with E-state index in [0.717, 1.165) is 6.29 Å². The second-order valence-electron chi connectivity index (χ2n) is 6.36. The van der Waals surface area contributed by atoms with Crippen LogP contribution in [0.5, 0.6) is 0 Å². The Hall–Kier alpha value is -1.14. The third-order valence-electron chi connectivity index (χ3n) is 4.24. The van der Waals surface area contributed by atoms with Gasteiger partial charge in [0.1, 0.15) is 6.29 Å². The Balaban J connectivity index is 2.35. The molecule has 1 N–H and O–H groups in total. The molecule has 6 heteroatoms. The summed E-state index contributed by atoms with van der Waals surface area (Å²) in [5, 5.41) is 10.2. The lowest BCUT2D eigenvalue weighted by atomic mass is 9.77. The Labute approximate surface area is 136 Å². The number of hydrogen-bond donors (Lipinski definition) is 1. The molecule has 0 amide bonds. The second kappa shape index (κ2) is 6.16. The maximum Gasteiger partial charge on any atom is 0.492 e. The molecule has 1 heterocycles. The molecule has 0 saturated carbocycles. The van der Waals surface area contributed by atoms with Crippen LogP contribution in [-0.4, -0.2) is 36.3 Å². The van der Waals surface area contributed by atoms with E-state index in [1.54, 1.807) is 24.3 Å². The number of carbonyl (C=O) groups excluding carboxylic acids is 1.